The van der Waals surface area contributed by atoms with Crippen molar-refractivity contribution in [3.63, 3.8) is 0 Å². The summed E-state index contributed by atoms with van der Waals surface area (Å²) in [4.78, 5) is 0.0199. The van der Waals surface area contributed by atoms with E-state index in [9.17, 15) is 8.42 Å². The number of aromatic nitrogens is 4. The number of tetrazole rings is 1. The number of nitrogens with two attached hydrogens (primary N) is 1. The minimum Gasteiger partial charge on any atom is -0.495 e. The normalized spacial score (nSPS) is 11.5. The Kier molecular flexibility index (Phi) is 4.27. The summed E-state index contributed by atoms with van der Waals surface area (Å²) in [6.45, 7) is 0.159. The Morgan fingerprint density at radius 1 is 1.45 bits per heavy atom. The number of H-pyrrole nitrogens is 1. The van der Waals surface area contributed by atoms with Crippen LogP contribution in [-0.2, 0) is 23.1 Å². The summed E-state index contributed by atoms with van der Waals surface area (Å²) in [5, 5.41) is 12.9. The smallest absolute Gasteiger partial charge is 0.244 e. The quantitative estimate of drug-likeness (QED) is 0.631. The molecular formula is C10H14N6O3S. The Morgan fingerprint density at radius 3 is 2.85 bits per heavy atom. The molecule has 0 fully saturated rings. The number of rotatable bonds is 6. The van der Waals surface area contributed by atoms with Gasteiger partial charge in [-0.15, -0.1) is 10.2 Å². The molecule has 0 bridgehead atoms. The van der Waals surface area contributed by atoms with E-state index in [1.165, 1.54) is 13.2 Å². The van der Waals surface area contributed by atoms with Crippen LogP contribution in [0.5, 0.6) is 5.75 Å². The van der Waals surface area contributed by atoms with Gasteiger partial charge in [-0.1, -0.05) is 11.3 Å². The molecule has 0 saturated carbocycles. The average molecular weight is 298 g/mol. The van der Waals surface area contributed by atoms with Crippen molar-refractivity contribution in [2.24, 2.45) is 5.73 Å². The molecule has 0 atom stereocenters. The van der Waals surface area contributed by atoms with Crippen molar-refractivity contribution in [1.82, 2.24) is 25.3 Å². The number of aromatic amines is 1. The molecule has 1 aromatic carbocycles. The number of hydrogen-bond acceptors (Lipinski definition) is 7. The van der Waals surface area contributed by atoms with Crippen molar-refractivity contribution in [2.75, 3.05) is 7.11 Å². The van der Waals surface area contributed by atoms with E-state index in [1.54, 1.807) is 12.1 Å². The summed E-state index contributed by atoms with van der Waals surface area (Å²) >= 11 is 0. The highest BCUT2D eigenvalue weighted by atomic mass is 32.2. The fraction of sp³-hybridized carbons (Fsp3) is 0.300. The Hall–Kier alpha value is -2.04. The van der Waals surface area contributed by atoms with Crippen molar-refractivity contribution < 1.29 is 13.2 Å². The number of methoxy groups -OCH3 is 1. The van der Waals surface area contributed by atoms with Crippen LogP contribution in [-0.4, -0.2) is 36.2 Å². The average Bonchev–Trinajstić information content (AvgIpc) is 2.98. The number of hydrogen-bond donors (Lipinski definition) is 3. The highest BCUT2D eigenvalue weighted by Crippen LogP contribution is 2.24. The SMILES string of the molecule is COc1ccc(CN)cc1S(=O)(=O)NCc1nn[nH]n1. The Labute approximate surface area is 115 Å². The van der Waals surface area contributed by atoms with Gasteiger partial charge in [0.1, 0.15) is 10.6 Å². The Bertz CT molecular complexity index is 670. The second-order valence-corrected chi connectivity index (χ2v) is 5.58. The molecule has 4 N–H and O–H groups in total. The van der Waals surface area contributed by atoms with E-state index in [0.29, 0.717) is 5.56 Å². The van der Waals surface area contributed by atoms with Crippen LogP contribution < -0.4 is 15.2 Å². The summed E-state index contributed by atoms with van der Waals surface area (Å²) in [7, 11) is -2.37. The first-order valence-corrected chi connectivity index (χ1v) is 7.14. The van der Waals surface area contributed by atoms with Gasteiger partial charge < -0.3 is 10.5 Å². The third-order valence-corrected chi connectivity index (χ3v) is 3.99. The lowest BCUT2D eigenvalue weighted by Crippen LogP contribution is -2.24. The largest absolute Gasteiger partial charge is 0.495 e. The van der Waals surface area contributed by atoms with Crippen LogP contribution in [0.3, 0.4) is 0 Å². The molecule has 108 valence electrons. The number of ether oxygens (including phenoxy) is 1. The molecule has 0 aliphatic rings. The van der Waals surface area contributed by atoms with Crippen LogP contribution >= 0.6 is 0 Å². The number of nitrogens with zero attached hydrogens (tertiary/aromatic N) is 3. The maximum Gasteiger partial charge on any atom is 0.244 e. The first-order chi connectivity index (χ1) is 9.56. The summed E-state index contributed by atoms with van der Waals surface area (Å²) < 4.78 is 31.9. The summed E-state index contributed by atoms with van der Waals surface area (Å²) in [6.07, 6.45) is 0. The first-order valence-electron chi connectivity index (χ1n) is 5.66. The third kappa shape index (κ3) is 3.10. The molecule has 9 nitrogen and oxygen atoms in total. The second kappa shape index (κ2) is 5.94. The van der Waals surface area contributed by atoms with Crippen LogP contribution in [0, 0.1) is 0 Å². The predicted octanol–water partition coefficient (Wildman–Crippen LogP) is -0.854. The molecule has 0 saturated heterocycles. The van der Waals surface area contributed by atoms with Gasteiger partial charge in [-0.05, 0) is 17.7 Å². The zero-order valence-electron chi connectivity index (χ0n) is 10.7. The topological polar surface area (TPSA) is 136 Å². The van der Waals surface area contributed by atoms with E-state index in [-0.39, 0.29) is 29.6 Å². The van der Waals surface area contributed by atoms with E-state index in [1.807, 2.05) is 0 Å². The molecule has 0 aliphatic heterocycles. The zero-order valence-corrected chi connectivity index (χ0v) is 11.5. The van der Waals surface area contributed by atoms with E-state index in [4.69, 9.17) is 10.5 Å². The van der Waals surface area contributed by atoms with Crippen molar-refractivity contribution >= 4 is 10.0 Å². The molecule has 0 amide bonds. The van der Waals surface area contributed by atoms with E-state index >= 15 is 0 Å². The van der Waals surface area contributed by atoms with Gasteiger partial charge in [-0.25, -0.2) is 13.1 Å². The van der Waals surface area contributed by atoms with E-state index in [2.05, 4.69) is 25.3 Å². The number of sulfonamides is 1. The number of nitrogens with one attached hydrogen (secondary N) is 2. The second-order valence-electron chi connectivity index (χ2n) is 3.84. The van der Waals surface area contributed by atoms with Gasteiger partial charge in [0.25, 0.3) is 0 Å². The molecule has 10 heteroatoms. The molecule has 2 aromatic rings. The van der Waals surface area contributed by atoms with Crippen LogP contribution in [0.2, 0.25) is 0 Å². The third-order valence-electron chi connectivity index (χ3n) is 2.56. The van der Waals surface area contributed by atoms with Crippen molar-refractivity contribution in [3.8, 4) is 5.75 Å². The lowest BCUT2D eigenvalue weighted by molar-refractivity contribution is 0.402. The monoisotopic (exact) mass is 298 g/mol. The van der Waals surface area contributed by atoms with Gasteiger partial charge >= 0.3 is 0 Å². The Balaban J connectivity index is 2.28. The Morgan fingerprint density at radius 2 is 2.25 bits per heavy atom. The molecule has 0 unspecified atom stereocenters. The molecular weight excluding hydrogens is 284 g/mol. The van der Waals surface area contributed by atoms with Gasteiger partial charge in [0.15, 0.2) is 5.82 Å². The highest BCUT2D eigenvalue weighted by molar-refractivity contribution is 7.89. The standard InChI is InChI=1S/C10H14N6O3S/c1-19-8-3-2-7(5-11)4-9(8)20(17,18)12-6-10-13-15-16-14-10/h2-4,12H,5-6,11H2,1H3,(H,13,14,15,16). The van der Waals surface area contributed by atoms with Gasteiger partial charge in [-0.2, -0.15) is 5.21 Å². The predicted molar refractivity (Wildman–Crippen MR) is 69.1 cm³/mol. The summed E-state index contributed by atoms with van der Waals surface area (Å²) in [5.41, 5.74) is 6.20. The molecule has 2 rings (SSSR count). The van der Waals surface area contributed by atoms with Crippen molar-refractivity contribution in [2.45, 2.75) is 18.0 Å². The molecule has 0 aliphatic carbocycles. The minimum absolute atomic E-state index is 0.0199. The minimum atomic E-state index is -3.76. The van der Waals surface area contributed by atoms with Crippen molar-refractivity contribution in [3.05, 3.63) is 29.6 Å². The van der Waals surface area contributed by atoms with E-state index < -0.39 is 10.0 Å². The van der Waals surface area contributed by atoms with Crippen LogP contribution in [0.4, 0.5) is 0 Å². The van der Waals surface area contributed by atoms with Crippen LogP contribution in [0.1, 0.15) is 11.4 Å². The molecule has 0 spiro atoms. The molecule has 1 aromatic heterocycles. The van der Waals surface area contributed by atoms with Crippen molar-refractivity contribution in [1.29, 1.82) is 0 Å². The van der Waals surface area contributed by atoms with Gasteiger partial charge in [-0.3, -0.25) is 0 Å². The maximum absolute atomic E-state index is 12.3. The highest BCUT2D eigenvalue weighted by Gasteiger charge is 2.20. The van der Waals surface area contributed by atoms with Gasteiger partial charge in [0, 0.05) is 6.54 Å². The lowest BCUT2D eigenvalue weighted by atomic mass is 10.2. The number of benzene rings is 1. The fourth-order valence-electron chi connectivity index (χ4n) is 1.55. The maximum atomic E-state index is 12.3. The van der Waals surface area contributed by atoms with E-state index in [0.717, 1.165) is 0 Å². The fourth-order valence-corrected chi connectivity index (χ4v) is 2.75. The van der Waals surface area contributed by atoms with Gasteiger partial charge in [0.2, 0.25) is 10.0 Å². The summed E-state index contributed by atoms with van der Waals surface area (Å²) in [5.74, 6) is 0.477. The van der Waals surface area contributed by atoms with Crippen LogP contribution in [0.15, 0.2) is 23.1 Å². The molecule has 0 radical (unpaired) electrons. The molecule has 20 heavy (non-hydrogen) atoms. The van der Waals surface area contributed by atoms with Gasteiger partial charge in [0.05, 0.1) is 13.7 Å². The zero-order chi connectivity index (χ0) is 14.6. The first kappa shape index (κ1) is 14.4. The summed E-state index contributed by atoms with van der Waals surface area (Å²) in [6, 6.07) is 4.74. The molecule has 1 heterocycles. The van der Waals surface area contributed by atoms with Crippen LogP contribution in [0.25, 0.3) is 0 Å². The lowest BCUT2D eigenvalue weighted by Gasteiger charge is -2.11.